The van der Waals surface area contributed by atoms with Crippen molar-refractivity contribution in [2.24, 2.45) is 5.73 Å². The Morgan fingerprint density at radius 1 is 1.54 bits per heavy atom. The molecule has 0 aromatic carbocycles. The van der Waals surface area contributed by atoms with E-state index in [9.17, 15) is 9.59 Å². The van der Waals surface area contributed by atoms with E-state index in [0.717, 1.165) is 0 Å². The predicted octanol–water partition coefficient (Wildman–Crippen LogP) is -1.69. The van der Waals surface area contributed by atoms with E-state index in [0.29, 0.717) is 13.1 Å². The van der Waals surface area contributed by atoms with Gasteiger partial charge in [-0.2, -0.15) is 0 Å². The maximum Gasteiger partial charge on any atom is 0.322 e. The maximum absolute atomic E-state index is 11.0. The summed E-state index contributed by atoms with van der Waals surface area (Å²) in [7, 11) is 0. The lowest BCUT2D eigenvalue weighted by molar-refractivity contribution is -0.121. The van der Waals surface area contributed by atoms with Crippen molar-refractivity contribution in [1.82, 2.24) is 16.0 Å². The minimum atomic E-state index is -0.802. The first kappa shape index (κ1) is 10.2. The Hall–Kier alpha value is -0.850. The van der Waals surface area contributed by atoms with E-state index < -0.39 is 23.5 Å². The number of halogens is 1. The van der Waals surface area contributed by atoms with Crippen LogP contribution >= 0.6 is 11.6 Å². The van der Waals surface area contributed by atoms with Gasteiger partial charge in [0, 0.05) is 13.1 Å². The molecule has 7 heteroatoms. The van der Waals surface area contributed by atoms with Crippen molar-refractivity contribution in [2.75, 3.05) is 13.1 Å². The summed E-state index contributed by atoms with van der Waals surface area (Å²) in [6.07, 6.45) is -0.550. The van der Waals surface area contributed by atoms with Gasteiger partial charge >= 0.3 is 6.03 Å². The zero-order chi connectivity index (χ0) is 9.84. The number of imide groups is 1. The van der Waals surface area contributed by atoms with Gasteiger partial charge in [-0.15, -0.1) is 11.6 Å². The summed E-state index contributed by atoms with van der Waals surface area (Å²) in [6.45, 7) is 0.902. The molecule has 74 valence electrons. The molecule has 1 saturated heterocycles. The number of alkyl halides is 1. The fraction of sp³-hybridized carbons (Fsp3) is 0.667. The number of amides is 3. The van der Waals surface area contributed by atoms with Crippen LogP contribution in [-0.4, -0.2) is 36.6 Å². The van der Waals surface area contributed by atoms with Gasteiger partial charge in [0.2, 0.25) is 5.91 Å². The summed E-state index contributed by atoms with van der Waals surface area (Å²) in [5.41, 5.74) is 5.24. The van der Waals surface area contributed by atoms with E-state index in [1.54, 1.807) is 0 Å². The minimum Gasteiger partial charge on any atom is -0.329 e. The molecular formula is C6H11ClN4O2. The molecule has 0 radical (unpaired) electrons. The number of carbonyl (C=O) groups excluding carboxylic acids is 2. The highest BCUT2D eigenvalue weighted by Gasteiger charge is 2.33. The predicted molar refractivity (Wildman–Crippen MR) is 47.2 cm³/mol. The Labute approximate surface area is 80.2 Å². The largest absolute Gasteiger partial charge is 0.329 e. The SMILES string of the molecule is NCCNC1NC(=O)NC(=O)C1Cl. The topological polar surface area (TPSA) is 96.2 Å². The van der Waals surface area contributed by atoms with Crippen LogP contribution in [0.25, 0.3) is 0 Å². The average Bonchev–Trinajstić information content (AvgIpc) is 2.09. The number of rotatable bonds is 3. The first-order chi connectivity index (χ1) is 6.15. The van der Waals surface area contributed by atoms with Gasteiger partial charge < -0.3 is 11.1 Å². The highest BCUT2D eigenvalue weighted by molar-refractivity contribution is 6.33. The number of urea groups is 1. The van der Waals surface area contributed by atoms with Crippen LogP contribution in [0.1, 0.15) is 0 Å². The highest BCUT2D eigenvalue weighted by Crippen LogP contribution is 2.04. The number of hydrogen-bond acceptors (Lipinski definition) is 4. The summed E-state index contributed by atoms with van der Waals surface area (Å²) in [5, 5.41) is 6.54. The van der Waals surface area contributed by atoms with Crippen LogP contribution in [0.15, 0.2) is 0 Å². The third-order valence-corrected chi connectivity index (χ3v) is 2.03. The van der Waals surface area contributed by atoms with Crippen LogP contribution in [0.5, 0.6) is 0 Å². The Morgan fingerprint density at radius 2 is 2.23 bits per heavy atom. The zero-order valence-electron chi connectivity index (χ0n) is 6.84. The van der Waals surface area contributed by atoms with E-state index in [-0.39, 0.29) is 0 Å². The molecule has 1 fully saturated rings. The van der Waals surface area contributed by atoms with Crippen LogP contribution in [0, 0.1) is 0 Å². The lowest BCUT2D eigenvalue weighted by Gasteiger charge is -2.28. The Bertz CT molecular complexity index is 223. The molecule has 0 spiro atoms. The van der Waals surface area contributed by atoms with E-state index >= 15 is 0 Å². The van der Waals surface area contributed by atoms with Crippen molar-refractivity contribution < 1.29 is 9.59 Å². The Morgan fingerprint density at radius 3 is 2.85 bits per heavy atom. The summed E-state index contributed by atoms with van der Waals surface area (Å²) >= 11 is 5.70. The van der Waals surface area contributed by atoms with E-state index in [1.165, 1.54) is 0 Å². The van der Waals surface area contributed by atoms with Gasteiger partial charge in [-0.3, -0.25) is 15.4 Å². The van der Waals surface area contributed by atoms with Crippen LogP contribution in [0.3, 0.4) is 0 Å². The average molecular weight is 207 g/mol. The molecule has 0 aliphatic carbocycles. The molecule has 0 aromatic rings. The van der Waals surface area contributed by atoms with Crippen molar-refractivity contribution in [2.45, 2.75) is 11.5 Å². The first-order valence-electron chi connectivity index (χ1n) is 3.84. The van der Waals surface area contributed by atoms with Gasteiger partial charge in [-0.25, -0.2) is 4.79 Å². The van der Waals surface area contributed by atoms with Gasteiger partial charge in [-0.05, 0) is 0 Å². The maximum atomic E-state index is 11.0. The second-order valence-electron chi connectivity index (χ2n) is 2.58. The van der Waals surface area contributed by atoms with E-state index in [1.807, 2.05) is 5.32 Å². The summed E-state index contributed by atoms with van der Waals surface area (Å²) < 4.78 is 0. The summed E-state index contributed by atoms with van der Waals surface area (Å²) in [5.74, 6) is -0.500. The third-order valence-electron chi connectivity index (χ3n) is 1.58. The second-order valence-corrected chi connectivity index (χ2v) is 3.06. The minimum absolute atomic E-state index is 0.414. The fourth-order valence-electron chi connectivity index (χ4n) is 0.976. The zero-order valence-corrected chi connectivity index (χ0v) is 7.60. The normalized spacial score (nSPS) is 28.2. The molecule has 0 saturated carbocycles. The smallest absolute Gasteiger partial charge is 0.322 e. The molecular weight excluding hydrogens is 196 g/mol. The van der Waals surface area contributed by atoms with Crippen molar-refractivity contribution in [3.8, 4) is 0 Å². The standard InChI is InChI=1S/C6H11ClN4O2/c7-3-4(9-2-1-8)10-6(13)11-5(3)12/h3-4,9H,1-2,8H2,(H2,10,11,12,13). The van der Waals surface area contributed by atoms with Crippen LogP contribution < -0.4 is 21.7 Å². The molecule has 6 nitrogen and oxygen atoms in total. The molecule has 1 heterocycles. The van der Waals surface area contributed by atoms with E-state index in [2.05, 4.69) is 10.6 Å². The number of nitrogens with two attached hydrogens (primary N) is 1. The highest BCUT2D eigenvalue weighted by atomic mass is 35.5. The quantitative estimate of drug-likeness (QED) is 0.414. The number of hydrogen-bond donors (Lipinski definition) is 4. The Balaban J connectivity index is 2.50. The summed E-state index contributed by atoms with van der Waals surface area (Å²) in [6, 6.07) is -0.545. The molecule has 0 aromatic heterocycles. The molecule has 1 rings (SSSR count). The lowest BCUT2D eigenvalue weighted by Crippen LogP contribution is -2.64. The third kappa shape index (κ3) is 2.55. The van der Waals surface area contributed by atoms with Crippen LogP contribution in [0.4, 0.5) is 4.79 Å². The van der Waals surface area contributed by atoms with Crippen LogP contribution in [-0.2, 0) is 4.79 Å². The van der Waals surface area contributed by atoms with Gasteiger partial charge in [0.25, 0.3) is 0 Å². The molecule has 2 unspecified atom stereocenters. The van der Waals surface area contributed by atoms with E-state index in [4.69, 9.17) is 17.3 Å². The molecule has 1 aliphatic rings. The molecule has 5 N–H and O–H groups in total. The molecule has 1 aliphatic heterocycles. The Kier molecular flexibility index (Phi) is 3.47. The van der Waals surface area contributed by atoms with Crippen molar-refractivity contribution in [1.29, 1.82) is 0 Å². The second kappa shape index (κ2) is 4.40. The summed E-state index contributed by atoms with van der Waals surface area (Å²) in [4.78, 5) is 21.8. The lowest BCUT2D eigenvalue weighted by atomic mass is 10.2. The molecule has 13 heavy (non-hydrogen) atoms. The van der Waals surface area contributed by atoms with Gasteiger partial charge in [-0.1, -0.05) is 0 Å². The van der Waals surface area contributed by atoms with Gasteiger partial charge in [0.05, 0.1) is 0 Å². The van der Waals surface area contributed by atoms with Crippen LogP contribution in [0.2, 0.25) is 0 Å². The fourth-order valence-corrected chi connectivity index (χ4v) is 1.18. The molecule has 0 bridgehead atoms. The first-order valence-corrected chi connectivity index (χ1v) is 4.27. The number of nitrogens with one attached hydrogen (secondary N) is 3. The molecule has 3 amide bonds. The molecule has 2 atom stereocenters. The van der Waals surface area contributed by atoms with Crippen molar-refractivity contribution >= 4 is 23.5 Å². The monoisotopic (exact) mass is 206 g/mol. The number of carbonyl (C=O) groups is 2. The van der Waals surface area contributed by atoms with Gasteiger partial charge in [0.15, 0.2) is 0 Å². The van der Waals surface area contributed by atoms with Crippen molar-refractivity contribution in [3.63, 3.8) is 0 Å². The van der Waals surface area contributed by atoms with Gasteiger partial charge in [0.1, 0.15) is 11.5 Å². The van der Waals surface area contributed by atoms with Crippen molar-refractivity contribution in [3.05, 3.63) is 0 Å².